The number of nitrogens with one attached hydrogen (secondary N) is 1. The number of likely N-dealkylation sites (tertiary alicyclic amines) is 1. The van der Waals surface area contributed by atoms with Gasteiger partial charge in [0, 0.05) is 31.4 Å². The third-order valence-corrected chi connectivity index (χ3v) is 4.45. The van der Waals surface area contributed by atoms with Crippen LogP contribution in [0.1, 0.15) is 28.8 Å². The van der Waals surface area contributed by atoms with Gasteiger partial charge in [0.15, 0.2) is 0 Å². The van der Waals surface area contributed by atoms with E-state index in [1.54, 1.807) is 12.1 Å². The van der Waals surface area contributed by atoms with Gasteiger partial charge in [0.2, 0.25) is 0 Å². The van der Waals surface area contributed by atoms with Crippen molar-refractivity contribution in [1.29, 1.82) is 0 Å². The first-order valence-electron chi connectivity index (χ1n) is 8.24. The molecule has 0 radical (unpaired) electrons. The number of hydrogen-bond acceptors (Lipinski definition) is 3. The van der Waals surface area contributed by atoms with E-state index in [1.165, 1.54) is 12.1 Å². The molecule has 1 fully saturated rings. The molecule has 0 spiro atoms. The molecule has 1 aliphatic rings. The molecule has 2 aromatic rings. The van der Waals surface area contributed by atoms with Crippen molar-refractivity contribution in [2.75, 3.05) is 18.8 Å². The maximum Gasteiger partial charge on any atom is 0.253 e. The van der Waals surface area contributed by atoms with E-state index in [0.717, 1.165) is 38.0 Å². The lowest BCUT2D eigenvalue weighted by molar-refractivity contribution is 0.0910. The van der Waals surface area contributed by atoms with Crippen molar-refractivity contribution in [3.05, 3.63) is 65.5 Å². The zero-order valence-corrected chi connectivity index (χ0v) is 13.5. The number of nitrogens with two attached hydrogens (primary N) is 1. The van der Waals surface area contributed by atoms with E-state index in [2.05, 4.69) is 10.2 Å². The highest BCUT2D eigenvalue weighted by atomic mass is 19.1. The van der Waals surface area contributed by atoms with Gasteiger partial charge in [-0.15, -0.1) is 0 Å². The Balaban J connectivity index is 1.49. The topological polar surface area (TPSA) is 58.4 Å². The summed E-state index contributed by atoms with van der Waals surface area (Å²) < 4.78 is 12.9. The molecule has 5 heteroatoms. The van der Waals surface area contributed by atoms with E-state index >= 15 is 0 Å². The molecular weight excluding hydrogens is 305 g/mol. The van der Waals surface area contributed by atoms with E-state index in [4.69, 9.17) is 5.73 Å². The molecule has 2 aromatic carbocycles. The first-order valence-corrected chi connectivity index (χ1v) is 8.24. The normalized spacial score (nSPS) is 16.0. The number of benzene rings is 2. The minimum Gasteiger partial charge on any atom is -0.398 e. The van der Waals surface area contributed by atoms with Crippen molar-refractivity contribution in [3.8, 4) is 0 Å². The highest BCUT2D eigenvalue weighted by Crippen LogP contribution is 2.16. The van der Waals surface area contributed by atoms with Gasteiger partial charge in [-0.1, -0.05) is 24.3 Å². The zero-order chi connectivity index (χ0) is 16.9. The molecule has 0 atom stereocenters. The maximum atomic E-state index is 12.9. The molecule has 126 valence electrons. The smallest absolute Gasteiger partial charge is 0.253 e. The average molecular weight is 327 g/mol. The Bertz CT molecular complexity index is 694. The van der Waals surface area contributed by atoms with Crippen molar-refractivity contribution < 1.29 is 9.18 Å². The number of carbonyl (C=O) groups is 1. The summed E-state index contributed by atoms with van der Waals surface area (Å²) in [6.07, 6.45) is 1.80. The number of para-hydroxylation sites is 1. The van der Waals surface area contributed by atoms with Gasteiger partial charge in [-0.05, 0) is 42.7 Å². The number of rotatable bonds is 4. The van der Waals surface area contributed by atoms with Crippen LogP contribution < -0.4 is 11.1 Å². The van der Waals surface area contributed by atoms with Crippen LogP contribution in [0, 0.1) is 5.82 Å². The van der Waals surface area contributed by atoms with Gasteiger partial charge in [0.25, 0.3) is 5.91 Å². The number of nitrogens with zero attached hydrogens (tertiary/aromatic N) is 1. The summed E-state index contributed by atoms with van der Waals surface area (Å²) in [4.78, 5) is 14.6. The van der Waals surface area contributed by atoms with Crippen LogP contribution in [0.25, 0.3) is 0 Å². The standard InChI is InChI=1S/C19H22FN3O/c20-15-7-5-14(6-8-15)13-23-11-9-16(10-12-23)22-19(24)17-3-1-2-4-18(17)21/h1-8,16H,9-13,21H2,(H,22,24). The Morgan fingerprint density at radius 1 is 1.12 bits per heavy atom. The quantitative estimate of drug-likeness (QED) is 0.849. The van der Waals surface area contributed by atoms with E-state index in [0.29, 0.717) is 11.3 Å². The summed E-state index contributed by atoms with van der Waals surface area (Å²) in [5, 5.41) is 3.07. The molecule has 1 heterocycles. The fourth-order valence-corrected chi connectivity index (χ4v) is 3.05. The van der Waals surface area contributed by atoms with Crippen LogP contribution >= 0.6 is 0 Å². The number of nitrogen functional groups attached to an aromatic ring is 1. The van der Waals surface area contributed by atoms with E-state index < -0.39 is 0 Å². The van der Waals surface area contributed by atoms with Gasteiger partial charge < -0.3 is 11.1 Å². The highest BCUT2D eigenvalue weighted by Gasteiger charge is 2.21. The second-order valence-corrected chi connectivity index (χ2v) is 6.24. The number of piperidine rings is 1. The third kappa shape index (κ3) is 4.11. The fourth-order valence-electron chi connectivity index (χ4n) is 3.05. The molecule has 1 amide bonds. The number of anilines is 1. The summed E-state index contributed by atoms with van der Waals surface area (Å²) in [5.74, 6) is -0.314. The van der Waals surface area contributed by atoms with Crippen LogP contribution in [-0.4, -0.2) is 29.9 Å². The summed E-state index contributed by atoms with van der Waals surface area (Å²) in [5.41, 5.74) is 7.99. The van der Waals surface area contributed by atoms with E-state index in [-0.39, 0.29) is 17.8 Å². The minimum atomic E-state index is -0.208. The number of halogens is 1. The Morgan fingerprint density at radius 2 is 1.79 bits per heavy atom. The Labute approximate surface area is 141 Å². The van der Waals surface area contributed by atoms with Crippen molar-refractivity contribution in [2.45, 2.75) is 25.4 Å². The fraction of sp³-hybridized carbons (Fsp3) is 0.316. The summed E-state index contributed by atoms with van der Waals surface area (Å²) in [6, 6.07) is 13.9. The van der Waals surface area contributed by atoms with Crippen LogP contribution in [0.5, 0.6) is 0 Å². The monoisotopic (exact) mass is 327 g/mol. The van der Waals surface area contributed by atoms with Gasteiger partial charge in [-0.3, -0.25) is 9.69 Å². The highest BCUT2D eigenvalue weighted by molar-refractivity contribution is 5.99. The predicted octanol–water partition coefficient (Wildman–Crippen LogP) is 2.80. The molecule has 1 aliphatic heterocycles. The lowest BCUT2D eigenvalue weighted by Crippen LogP contribution is -2.44. The SMILES string of the molecule is Nc1ccccc1C(=O)NC1CCN(Cc2ccc(F)cc2)CC1. The Hall–Kier alpha value is -2.40. The van der Waals surface area contributed by atoms with Crippen molar-refractivity contribution in [1.82, 2.24) is 10.2 Å². The summed E-state index contributed by atoms with van der Waals surface area (Å²) in [6.45, 7) is 2.63. The van der Waals surface area contributed by atoms with Gasteiger partial charge in [0.1, 0.15) is 5.82 Å². The largest absolute Gasteiger partial charge is 0.398 e. The molecule has 3 N–H and O–H groups in total. The molecule has 0 bridgehead atoms. The Morgan fingerprint density at radius 3 is 2.46 bits per heavy atom. The Kier molecular flexibility index (Phi) is 5.11. The minimum absolute atomic E-state index is 0.106. The van der Waals surface area contributed by atoms with Crippen molar-refractivity contribution >= 4 is 11.6 Å². The van der Waals surface area contributed by atoms with Gasteiger partial charge in [-0.25, -0.2) is 4.39 Å². The second kappa shape index (κ2) is 7.45. The molecule has 3 rings (SSSR count). The lowest BCUT2D eigenvalue weighted by Gasteiger charge is -2.32. The van der Waals surface area contributed by atoms with Gasteiger partial charge >= 0.3 is 0 Å². The molecule has 4 nitrogen and oxygen atoms in total. The molecular formula is C19H22FN3O. The second-order valence-electron chi connectivity index (χ2n) is 6.24. The third-order valence-electron chi connectivity index (χ3n) is 4.45. The molecule has 24 heavy (non-hydrogen) atoms. The van der Waals surface area contributed by atoms with Crippen molar-refractivity contribution in [3.63, 3.8) is 0 Å². The maximum absolute atomic E-state index is 12.9. The average Bonchev–Trinajstić information content (AvgIpc) is 2.59. The van der Waals surface area contributed by atoms with Crippen LogP contribution in [0.3, 0.4) is 0 Å². The van der Waals surface area contributed by atoms with Gasteiger partial charge in [-0.2, -0.15) is 0 Å². The van der Waals surface area contributed by atoms with E-state index in [1.807, 2.05) is 24.3 Å². The first-order chi connectivity index (χ1) is 11.6. The summed E-state index contributed by atoms with van der Waals surface area (Å²) in [7, 11) is 0. The number of hydrogen-bond donors (Lipinski definition) is 2. The molecule has 1 saturated heterocycles. The zero-order valence-electron chi connectivity index (χ0n) is 13.5. The first kappa shape index (κ1) is 16.5. The van der Waals surface area contributed by atoms with Crippen molar-refractivity contribution in [2.24, 2.45) is 0 Å². The molecule has 0 unspecified atom stereocenters. The predicted molar refractivity (Wildman–Crippen MR) is 93.0 cm³/mol. The molecule has 0 saturated carbocycles. The summed E-state index contributed by atoms with van der Waals surface area (Å²) >= 11 is 0. The molecule has 0 aliphatic carbocycles. The number of amides is 1. The van der Waals surface area contributed by atoms with Crippen LogP contribution in [0.15, 0.2) is 48.5 Å². The van der Waals surface area contributed by atoms with Gasteiger partial charge in [0.05, 0.1) is 5.56 Å². The number of carbonyl (C=O) groups excluding carboxylic acids is 1. The van der Waals surface area contributed by atoms with E-state index in [9.17, 15) is 9.18 Å². The van der Waals surface area contributed by atoms with Crippen LogP contribution in [0.2, 0.25) is 0 Å². The van der Waals surface area contributed by atoms with Crippen LogP contribution in [-0.2, 0) is 6.54 Å². The lowest BCUT2D eigenvalue weighted by atomic mass is 10.0. The molecule has 0 aromatic heterocycles. The van der Waals surface area contributed by atoms with Crippen LogP contribution in [0.4, 0.5) is 10.1 Å².